The summed E-state index contributed by atoms with van der Waals surface area (Å²) in [6.07, 6.45) is 1.53. The topological polar surface area (TPSA) is 29.4 Å². The summed E-state index contributed by atoms with van der Waals surface area (Å²) in [5, 5.41) is 0. The van der Waals surface area contributed by atoms with Gasteiger partial charge in [-0.2, -0.15) is 4.99 Å². The van der Waals surface area contributed by atoms with Crippen LogP contribution in [0.3, 0.4) is 0 Å². The molecular weight excluding hydrogens is 298 g/mol. The van der Waals surface area contributed by atoms with Gasteiger partial charge in [0.2, 0.25) is 6.08 Å². The van der Waals surface area contributed by atoms with Crippen LogP contribution in [0.5, 0.6) is 0 Å². The lowest BCUT2D eigenvalue weighted by Crippen LogP contribution is -1.84. The van der Waals surface area contributed by atoms with E-state index in [1.54, 1.807) is 0 Å². The molecular formula is C9H7Br2NO. The van der Waals surface area contributed by atoms with E-state index in [0.717, 1.165) is 20.1 Å². The van der Waals surface area contributed by atoms with Gasteiger partial charge in [0.15, 0.2) is 0 Å². The Morgan fingerprint density at radius 3 is 2.54 bits per heavy atom. The van der Waals surface area contributed by atoms with Crippen LogP contribution >= 0.6 is 31.9 Å². The fraction of sp³-hybridized carbons (Fsp3) is 0.222. The summed E-state index contributed by atoms with van der Waals surface area (Å²) in [5.41, 5.74) is 2.82. The van der Waals surface area contributed by atoms with Gasteiger partial charge < -0.3 is 0 Å². The van der Waals surface area contributed by atoms with Crippen LogP contribution in [0.25, 0.3) is 0 Å². The molecule has 68 valence electrons. The minimum absolute atomic E-state index is 0.595. The van der Waals surface area contributed by atoms with E-state index in [9.17, 15) is 4.79 Å². The Labute approximate surface area is 93.3 Å². The molecule has 13 heavy (non-hydrogen) atoms. The molecule has 0 N–H and O–H groups in total. The van der Waals surface area contributed by atoms with Crippen molar-refractivity contribution >= 4 is 43.6 Å². The van der Waals surface area contributed by atoms with E-state index >= 15 is 0 Å². The summed E-state index contributed by atoms with van der Waals surface area (Å²) in [4.78, 5) is 13.7. The van der Waals surface area contributed by atoms with E-state index in [1.165, 1.54) is 6.08 Å². The van der Waals surface area contributed by atoms with Crippen molar-refractivity contribution in [1.82, 2.24) is 0 Å². The van der Waals surface area contributed by atoms with Crippen LogP contribution in [0.1, 0.15) is 11.1 Å². The molecule has 0 unspecified atom stereocenters. The SMILES string of the molecule is Cc1cc(Br)c(N=C=O)c(Br)c1C. The maximum atomic E-state index is 10.1. The Balaban J connectivity index is 3.52. The van der Waals surface area contributed by atoms with Crippen LogP contribution in [-0.2, 0) is 4.79 Å². The molecule has 0 bridgehead atoms. The van der Waals surface area contributed by atoms with Crippen molar-refractivity contribution in [3.05, 3.63) is 26.1 Å². The number of hydrogen-bond donors (Lipinski definition) is 0. The molecule has 0 aliphatic carbocycles. The number of carbonyl (C=O) groups excluding carboxylic acids is 1. The van der Waals surface area contributed by atoms with E-state index in [1.807, 2.05) is 19.9 Å². The average molecular weight is 305 g/mol. The van der Waals surface area contributed by atoms with Gasteiger partial charge in [-0.25, -0.2) is 4.79 Å². The van der Waals surface area contributed by atoms with Gasteiger partial charge >= 0.3 is 0 Å². The molecule has 0 saturated carbocycles. The minimum atomic E-state index is 0.595. The number of nitrogens with zero attached hydrogens (tertiary/aromatic N) is 1. The molecule has 2 nitrogen and oxygen atoms in total. The normalized spacial score (nSPS) is 9.54. The maximum absolute atomic E-state index is 10.1. The van der Waals surface area contributed by atoms with Crippen molar-refractivity contribution in [3.8, 4) is 0 Å². The fourth-order valence-corrected chi connectivity index (χ4v) is 2.48. The Morgan fingerprint density at radius 2 is 2.00 bits per heavy atom. The van der Waals surface area contributed by atoms with Gasteiger partial charge in [0, 0.05) is 8.95 Å². The Bertz CT molecular complexity index is 395. The zero-order valence-electron chi connectivity index (χ0n) is 7.19. The van der Waals surface area contributed by atoms with E-state index in [4.69, 9.17) is 0 Å². The van der Waals surface area contributed by atoms with Crippen LogP contribution in [0.4, 0.5) is 5.69 Å². The zero-order valence-corrected chi connectivity index (χ0v) is 10.4. The monoisotopic (exact) mass is 303 g/mol. The van der Waals surface area contributed by atoms with E-state index in [2.05, 4.69) is 36.9 Å². The zero-order chi connectivity index (χ0) is 10.0. The van der Waals surface area contributed by atoms with Crippen molar-refractivity contribution in [2.75, 3.05) is 0 Å². The molecule has 0 aliphatic heterocycles. The lowest BCUT2D eigenvalue weighted by atomic mass is 10.1. The first kappa shape index (κ1) is 10.6. The molecule has 0 aliphatic rings. The lowest BCUT2D eigenvalue weighted by molar-refractivity contribution is 0.565. The molecule has 0 atom stereocenters. The summed E-state index contributed by atoms with van der Waals surface area (Å²) in [6.45, 7) is 3.97. The molecule has 0 radical (unpaired) electrons. The van der Waals surface area contributed by atoms with Gasteiger partial charge in [0.1, 0.15) is 5.69 Å². The number of hydrogen-bond acceptors (Lipinski definition) is 2. The summed E-state index contributed by atoms with van der Waals surface area (Å²) < 4.78 is 1.63. The van der Waals surface area contributed by atoms with Crippen LogP contribution < -0.4 is 0 Å². The predicted molar refractivity (Wildman–Crippen MR) is 59.1 cm³/mol. The minimum Gasteiger partial charge on any atom is -0.211 e. The van der Waals surface area contributed by atoms with E-state index in [-0.39, 0.29) is 0 Å². The van der Waals surface area contributed by atoms with Gasteiger partial charge in [-0.1, -0.05) is 0 Å². The highest BCUT2D eigenvalue weighted by Gasteiger charge is 2.09. The highest BCUT2D eigenvalue weighted by atomic mass is 79.9. The summed E-state index contributed by atoms with van der Waals surface area (Å²) in [7, 11) is 0. The quantitative estimate of drug-likeness (QED) is 0.573. The largest absolute Gasteiger partial charge is 0.240 e. The molecule has 0 heterocycles. The molecule has 4 heteroatoms. The van der Waals surface area contributed by atoms with Gasteiger partial charge in [0.25, 0.3) is 0 Å². The maximum Gasteiger partial charge on any atom is 0.240 e. The van der Waals surface area contributed by atoms with Crippen molar-refractivity contribution in [2.45, 2.75) is 13.8 Å². The summed E-state index contributed by atoms with van der Waals surface area (Å²) in [5.74, 6) is 0. The van der Waals surface area contributed by atoms with Gasteiger partial charge in [-0.3, -0.25) is 0 Å². The smallest absolute Gasteiger partial charge is 0.211 e. The first-order valence-electron chi connectivity index (χ1n) is 3.61. The van der Waals surface area contributed by atoms with Crippen LogP contribution in [0.15, 0.2) is 20.0 Å². The van der Waals surface area contributed by atoms with Crippen LogP contribution in [0, 0.1) is 13.8 Å². The van der Waals surface area contributed by atoms with Crippen molar-refractivity contribution in [2.24, 2.45) is 4.99 Å². The van der Waals surface area contributed by atoms with Crippen molar-refractivity contribution < 1.29 is 4.79 Å². The second kappa shape index (κ2) is 4.18. The Hall–Kier alpha value is -0.440. The first-order chi connectivity index (χ1) is 6.07. The lowest BCUT2D eigenvalue weighted by Gasteiger charge is -2.07. The highest BCUT2D eigenvalue weighted by Crippen LogP contribution is 2.37. The summed E-state index contributed by atoms with van der Waals surface area (Å²) >= 11 is 6.71. The standard InChI is InChI=1S/C9H7Br2NO/c1-5-3-7(10)9(12-4-13)8(11)6(5)2/h3H,1-2H3. The molecule has 1 aromatic carbocycles. The van der Waals surface area contributed by atoms with Crippen molar-refractivity contribution in [3.63, 3.8) is 0 Å². The summed E-state index contributed by atoms with van der Waals surface area (Å²) in [6, 6.07) is 1.93. The molecule has 1 aromatic rings. The predicted octanol–water partition coefficient (Wildman–Crippen LogP) is 3.80. The van der Waals surface area contributed by atoms with Crippen LogP contribution in [0.2, 0.25) is 0 Å². The number of isocyanates is 1. The van der Waals surface area contributed by atoms with Gasteiger partial charge in [0.05, 0.1) is 0 Å². The molecule has 0 amide bonds. The molecule has 0 aromatic heterocycles. The van der Waals surface area contributed by atoms with E-state index < -0.39 is 0 Å². The van der Waals surface area contributed by atoms with Crippen molar-refractivity contribution in [1.29, 1.82) is 0 Å². The third-order valence-corrected chi connectivity index (χ3v) is 3.43. The second-order valence-electron chi connectivity index (χ2n) is 2.67. The second-order valence-corrected chi connectivity index (χ2v) is 4.31. The number of aryl methyl sites for hydroxylation is 1. The molecule has 0 spiro atoms. The number of halogens is 2. The molecule has 1 rings (SSSR count). The average Bonchev–Trinajstić information content (AvgIpc) is 2.09. The van der Waals surface area contributed by atoms with E-state index in [0.29, 0.717) is 5.69 Å². The highest BCUT2D eigenvalue weighted by molar-refractivity contribution is 9.11. The van der Waals surface area contributed by atoms with Gasteiger partial charge in [-0.15, -0.1) is 0 Å². The molecule has 0 fully saturated rings. The number of rotatable bonds is 1. The van der Waals surface area contributed by atoms with Gasteiger partial charge in [-0.05, 0) is 62.9 Å². The third kappa shape index (κ3) is 2.08. The first-order valence-corrected chi connectivity index (χ1v) is 5.19. The third-order valence-electron chi connectivity index (χ3n) is 1.86. The van der Waals surface area contributed by atoms with Crippen LogP contribution in [-0.4, -0.2) is 6.08 Å². The molecule has 0 saturated heterocycles. The Kier molecular flexibility index (Phi) is 3.42. The number of benzene rings is 1. The Morgan fingerprint density at radius 1 is 1.38 bits per heavy atom. The fourth-order valence-electron chi connectivity index (χ4n) is 0.970. The number of aliphatic imine (C=N–C) groups is 1.